The number of amides is 1. The Kier molecular flexibility index (Phi) is 8.14. The average Bonchev–Trinajstić information content (AvgIpc) is 3.89. The fourth-order valence-corrected chi connectivity index (χ4v) is 6.83. The molecule has 234 valence electrons. The molecule has 3 aliphatic heterocycles. The second-order valence-corrected chi connectivity index (χ2v) is 12.9. The number of nitrogens with zero attached hydrogens (tertiary/aromatic N) is 4. The van der Waals surface area contributed by atoms with E-state index in [1.54, 1.807) is 0 Å². The molecule has 2 aromatic carbocycles. The van der Waals surface area contributed by atoms with E-state index in [4.69, 9.17) is 4.98 Å². The molecular weight excluding hydrogens is 562 g/mol. The molecule has 2 aromatic heterocycles. The van der Waals surface area contributed by atoms with E-state index in [9.17, 15) is 4.79 Å². The van der Waals surface area contributed by atoms with Gasteiger partial charge < -0.3 is 30.8 Å². The average molecular weight is 606 g/mol. The smallest absolute Gasteiger partial charge is 0.246 e. The van der Waals surface area contributed by atoms with Crippen molar-refractivity contribution in [1.29, 1.82) is 0 Å². The molecule has 5 heterocycles. The summed E-state index contributed by atoms with van der Waals surface area (Å²) in [5.74, 6) is 3.40. The van der Waals surface area contributed by atoms with Gasteiger partial charge in [-0.25, -0.2) is 9.97 Å². The molecule has 10 nitrogen and oxygen atoms in total. The molecule has 5 N–H and O–H groups in total. The number of aromatic amines is 2. The Morgan fingerprint density at radius 2 is 1.49 bits per heavy atom. The van der Waals surface area contributed by atoms with Crippen LogP contribution in [0.2, 0.25) is 0 Å². The number of guanidine groups is 1. The van der Waals surface area contributed by atoms with Crippen molar-refractivity contribution in [1.82, 2.24) is 40.8 Å². The lowest BCUT2D eigenvalue weighted by Gasteiger charge is -2.30. The van der Waals surface area contributed by atoms with Crippen LogP contribution < -0.4 is 16.0 Å². The molecule has 4 aromatic rings. The van der Waals surface area contributed by atoms with Crippen molar-refractivity contribution >= 4 is 11.9 Å². The first-order valence-electron chi connectivity index (χ1n) is 16.3. The van der Waals surface area contributed by atoms with E-state index < -0.39 is 0 Å². The molecule has 2 saturated heterocycles. The summed E-state index contributed by atoms with van der Waals surface area (Å²) in [4.78, 5) is 36.6. The normalized spacial score (nSPS) is 22.1. The number of imidazole rings is 2. The minimum absolute atomic E-state index is 0.0608. The summed E-state index contributed by atoms with van der Waals surface area (Å²) in [6, 6.07) is 17.1. The number of carbonyl (C=O) groups is 1. The minimum Gasteiger partial charge on any atom is -0.355 e. The molecule has 4 atom stereocenters. The minimum atomic E-state index is -0.332. The maximum atomic E-state index is 13.7. The van der Waals surface area contributed by atoms with Crippen LogP contribution in [-0.2, 0) is 4.79 Å². The summed E-state index contributed by atoms with van der Waals surface area (Å²) in [5, 5.41) is 10.1. The van der Waals surface area contributed by atoms with Crippen LogP contribution in [0.3, 0.4) is 0 Å². The van der Waals surface area contributed by atoms with Crippen LogP contribution in [0.1, 0.15) is 63.8 Å². The highest BCUT2D eigenvalue weighted by Gasteiger charge is 2.37. The number of aliphatic imine (C=N–C) groups is 1. The largest absolute Gasteiger partial charge is 0.355 e. The van der Waals surface area contributed by atoms with Gasteiger partial charge in [0, 0.05) is 13.1 Å². The van der Waals surface area contributed by atoms with Gasteiger partial charge in [0.05, 0.1) is 42.4 Å². The first-order chi connectivity index (χ1) is 21.9. The summed E-state index contributed by atoms with van der Waals surface area (Å²) in [6.07, 6.45) is 6.86. The molecule has 0 saturated carbocycles. The highest BCUT2D eigenvalue weighted by Crippen LogP contribution is 2.34. The zero-order chi connectivity index (χ0) is 30.9. The maximum Gasteiger partial charge on any atom is 0.246 e. The van der Waals surface area contributed by atoms with Crippen LogP contribution in [0.25, 0.3) is 33.6 Å². The first-order valence-corrected chi connectivity index (χ1v) is 16.3. The number of aromatic nitrogens is 4. The predicted molar refractivity (Wildman–Crippen MR) is 177 cm³/mol. The molecule has 1 amide bonds. The SMILES string of the molecule is CC(C)C(NC1=NCCN1)C(=O)N1CCCC1c1ncc(-c2ccc(-c3ccc(-c4cnc([C@H]5NCCC5C)[nH]4)cc3)cc2)[nH]1. The van der Waals surface area contributed by atoms with Crippen molar-refractivity contribution in [3.05, 3.63) is 72.6 Å². The van der Waals surface area contributed by atoms with Gasteiger partial charge in [0.15, 0.2) is 5.96 Å². The van der Waals surface area contributed by atoms with E-state index in [1.807, 2.05) is 17.3 Å². The number of carbonyl (C=O) groups excluding carboxylic acids is 1. The fraction of sp³-hybridized carbons (Fsp3) is 0.429. The van der Waals surface area contributed by atoms with Crippen molar-refractivity contribution in [3.63, 3.8) is 0 Å². The molecule has 10 heteroatoms. The van der Waals surface area contributed by atoms with Gasteiger partial charge in [-0.05, 0) is 59.9 Å². The van der Waals surface area contributed by atoms with Gasteiger partial charge >= 0.3 is 0 Å². The van der Waals surface area contributed by atoms with Crippen molar-refractivity contribution < 1.29 is 4.79 Å². The van der Waals surface area contributed by atoms with Gasteiger partial charge in [0.2, 0.25) is 5.91 Å². The van der Waals surface area contributed by atoms with Gasteiger partial charge in [-0.3, -0.25) is 9.79 Å². The summed E-state index contributed by atoms with van der Waals surface area (Å²) in [5.41, 5.74) is 6.51. The summed E-state index contributed by atoms with van der Waals surface area (Å²) in [7, 11) is 0. The maximum absolute atomic E-state index is 13.7. The molecule has 2 fully saturated rings. The monoisotopic (exact) mass is 605 g/mol. The van der Waals surface area contributed by atoms with Crippen LogP contribution in [0.5, 0.6) is 0 Å². The highest BCUT2D eigenvalue weighted by atomic mass is 16.2. The number of rotatable bonds is 8. The van der Waals surface area contributed by atoms with Crippen LogP contribution in [-0.4, -0.2) is 68.9 Å². The van der Waals surface area contributed by atoms with Crippen LogP contribution in [0.15, 0.2) is 65.9 Å². The number of H-pyrrole nitrogens is 2. The lowest BCUT2D eigenvalue weighted by Crippen LogP contribution is -2.53. The quantitative estimate of drug-likeness (QED) is 0.192. The van der Waals surface area contributed by atoms with Crippen molar-refractivity contribution in [2.24, 2.45) is 16.8 Å². The van der Waals surface area contributed by atoms with E-state index in [0.717, 1.165) is 90.3 Å². The molecule has 7 rings (SSSR count). The third-order valence-corrected chi connectivity index (χ3v) is 9.49. The number of benzene rings is 2. The molecule has 0 aliphatic carbocycles. The zero-order valence-electron chi connectivity index (χ0n) is 26.3. The first kappa shape index (κ1) is 29.3. The highest BCUT2D eigenvalue weighted by molar-refractivity contribution is 5.90. The molecular formula is C35H43N9O. The summed E-state index contributed by atoms with van der Waals surface area (Å²) >= 11 is 0. The lowest BCUT2D eigenvalue weighted by molar-refractivity contribution is -0.135. The Morgan fingerprint density at radius 3 is 2.07 bits per heavy atom. The van der Waals surface area contributed by atoms with E-state index in [0.29, 0.717) is 12.0 Å². The molecule has 3 aliphatic rings. The number of likely N-dealkylation sites (tertiary alicyclic amines) is 1. The van der Waals surface area contributed by atoms with Gasteiger partial charge in [0.25, 0.3) is 0 Å². The number of nitrogens with one attached hydrogen (secondary N) is 5. The third-order valence-electron chi connectivity index (χ3n) is 9.49. The Hall–Kier alpha value is -4.44. The van der Waals surface area contributed by atoms with Gasteiger partial charge in [-0.15, -0.1) is 0 Å². The van der Waals surface area contributed by atoms with Gasteiger partial charge in [-0.1, -0.05) is 69.3 Å². The Bertz CT molecular complexity index is 1650. The number of hydrogen-bond donors (Lipinski definition) is 5. The predicted octanol–water partition coefficient (Wildman–Crippen LogP) is 5.04. The second-order valence-electron chi connectivity index (χ2n) is 12.9. The Labute approximate surface area is 264 Å². The lowest BCUT2D eigenvalue weighted by atomic mass is 10.0. The fourth-order valence-electron chi connectivity index (χ4n) is 6.83. The van der Waals surface area contributed by atoms with Gasteiger partial charge in [-0.2, -0.15) is 0 Å². The third kappa shape index (κ3) is 5.99. The molecule has 0 spiro atoms. The van der Waals surface area contributed by atoms with E-state index in [-0.39, 0.29) is 23.9 Å². The Morgan fingerprint density at radius 1 is 0.867 bits per heavy atom. The van der Waals surface area contributed by atoms with Crippen LogP contribution in [0, 0.1) is 11.8 Å². The topological polar surface area (TPSA) is 126 Å². The molecule has 0 bridgehead atoms. The van der Waals surface area contributed by atoms with Crippen LogP contribution in [0.4, 0.5) is 0 Å². The van der Waals surface area contributed by atoms with Crippen LogP contribution >= 0.6 is 0 Å². The molecule has 0 radical (unpaired) electrons. The summed E-state index contributed by atoms with van der Waals surface area (Å²) < 4.78 is 0. The van der Waals surface area contributed by atoms with Crippen molar-refractivity contribution in [2.45, 2.75) is 58.2 Å². The Balaban J connectivity index is 1.02. The molecule has 3 unspecified atom stereocenters. The van der Waals surface area contributed by atoms with Gasteiger partial charge in [0.1, 0.15) is 17.7 Å². The second kappa shape index (κ2) is 12.5. The van der Waals surface area contributed by atoms with Crippen molar-refractivity contribution in [3.8, 4) is 33.6 Å². The number of hydrogen-bond acceptors (Lipinski definition) is 7. The van der Waals surface area contributed by atoms with E-state index in [2.05, 4.69) is 105 Å². The standard InChI is InChI=1S/C35H43N9O/c1-21(2)30(43-35-37-16-17-38-35)34(45)44-18-4-5-29(44)32-39-19-27(41-32)25-10-6-23(7-11-25)24-8-12-26(13-9-24)28-20-40-33(42-28)31-22(3)14-15-36-31/h6-13,19-22,29-31,36H,4-5,14-18H2,1-3H3,(H,39,41)(H,40,42)(H2,37,38,43)/t22?,29?,30?,31-/m0/s1. The molecule has 45 heavy (non-hydrogen) atoms. The van der Waals surface area contributed by atoms with E-state index >= 15 is 0 Å². The van der Waals surface area contributed by atoms with Crippen molar-refractivity contribution in [2.75, 3.05) is 26.2 Å². The summed E-state index contributed by atoms with van der Waals surface area (Å²) in [6.45, 7) is 9.74. The zero-order valence-corrected chi connectivity index (χ0v) is 26.3. The van der Waals surface area contributed by atoms with E-state index in [1.165, 1.54) is 6.42 Å².